The second kappa shape index (κ2) is 5.57. The summed E-state index contributed by atoms with van der Waals surface area (Å²) in [6.45, 7) is 9.19. The predicted octanol–water partition coefficient (Wildman–Crippen LogP) is 3.69. The van der Waals surface area contributed by atoms with Gasteiger partial charge in [0.15, 0.2) is 0 Å². The number of aliphatic carboxylic acids is 1. The van der Waals surface area contributed by atoms with Gasteiger partial charge in [0.25, 0.3) is 0 Å². The minimum atomic E-state index is -0.684. The van der Waals surface area contributed by atoms with Gasteiger partial charge in [-0.1, -0.05) is 30.7 Å². The summed E-state index contributed by atoms with van der Waals surface area (Å²) in [6, 6.07) is 6.59. The van der Waals surface area contributed by atoms with Crippen LogP contribution in [0.15, 0.2) is 18.2 Å². The van der Waals surface area contributed by atoms with Gasteiger partial charge in [0.2, 0.25) is 0 Å². The molecule has 1 fully saturated rings. The standard InChI is InChI=1S/C17H25NO2/c1-5-17(16(19)20)9-6-10-18(17)14(4)15-8-7-12(2)11-13(15)3/h7-8,11,14H,5-6,9-10H2,1-4H3,(H,19,20). The van der Waals surface area contributed by atoms with Crippen molar-refractivity contribution in [2.45, 2.75) is 58.5 Å². The molecular weight excluding hydrogens is 250 g/mol. The Morgan fingerprint density at radius 1 is 1.45 bits per heavy atom. The number of nitrogens with zero attached hydrogens (tertiary/aromatic N) is 1. The van der Waals surface area contributed by atoms with Gasteiger partial charge in [-0.25, -0.2) is 0 Å². The van der Waals surface area contributed by atoms with E-state index in [0.29, 0.717) is 6.42 Å². The zero-order valence-electron chi connectivity index (χ0n) is 12.9. The molecule has 1 aromatic carbocycles. The summed E-state index contributed by atoms with van der Waals surface area (Å²) in [7, 11) is 0. The molecule has 0 bridgehead atoms. The lowest BCUT2D eigenvalue weighted by molar-refractivity contribution is -0.151. The summed E-state index contributed by atoms with van der Waals surface area (Å²) in [5, 5.41) is 9.70. The van der Waals surface area contributed by atoms with Gasteiger partial charge in [-0.3, -0.25) is 9.69 Å². The van der Waals surface area contributed by atoms with Crippen LogP contribution in [0.1, 0.15) is 55.8 Å². The van der Waals surface area contributed by atoms with Crippen molar-refractivity contribution in [3.8, 4) is 0 Å². The van der Waals surface area contributed by atoms with Gasteiger partial charge >= 0.3 is 5.97 Å². The molecule has 1 heterocycles. The lowest BCUT2D eigenvalue weighted by atomic mass is 9.90. The smallest absolute Gasteiger partial charge is 0.324 e. The quantitative estimate of drug-likeness (QED) is 0.911. The van der Waals surface area contributed by atoms with Crippen LogP contribution in [0.3, 0.4) is 0 Å². The van der Waals surface area contributed by atoms with E-state index in [-0.39, 0.29) is 6.04 Å². The third-order valence-electron chi connectivity index (χ3n) is 4.87. The Morgan fingerprint density at radius 3 is 2.70 bits per heavy atom. The average molecular weight is 275 g/mol. The van der Waals surface area contributed by atoms with Crippen molar-refractivity contribution in [1.29, 1.82) is 0 Å². The van der Waals surface area contributed by atoms with E-state index in [1.807, 2.05) is 6.92 Å². The molecule has 0 saturated carbocycles. The highest BCUT2D eigenvalue weighted by atomic mass is 16.4. The summed E-state index contributed by atoms with van der Waals surface area (Å²) in [6.07, 6.45) is 2.39. The van der Waals surface area contributed by atoms with Gasteiger partial charge < -0.3 is 5.11 Å². The van der Waals surface area contributed by atoms with Crippen molar-refractivity contribution in [2.24, 2.45) is 0 Å². The first kappa shape index (κ1) is 15.0. The number of hydrogen-bond acceptors (Lipinski definition) is 2. The van der Waals surface area contributed by atoms with Gasteiger partial charge in [-0.05, 0) is 57.7 Å². The first-order chi connectivity index (χ1) is 9.42. The lowest BCUT2D eigenvalue weighted by Crippen LogP contribution is -2.51. The molecule has 3 heteroatoms. The molecule has 110 valence electrons. The summed E-state index contributed by atoms with van der Waals surface area (Å²) in [4.78, 5) is 14.0. The molecule has 1 saturated heterocycles. The van der Waals surface area contributed by atoms with Crippen molar-refractivity contribution in [3.05, 3.63) is 34.9 Å². The van der Waals surface area contributed by atoms with Crippen LogP contribution in [0.4, 0.5) is 0 Å². The minimum absolute atomic E-state index is 0.147. The minimum Gasteiger partial charge on any atom is -0.480 e. The summed E-state index contributed by atoms with van der Waals surface area (Å²) in [5.41, 5.74) is 3.06. The molecule has 1 aliphatic heterocycles. The molecule has 0 aromatic heterocycles. The Balaban J connectivity index is 2.36. The van der Waals surface area contributed by atoms with Gasteiger partial charge in [-0.2, -0.15) is 0 Å². The van der Waals surface area contributed by atoms with Crippen molar-refractivity contribution < 1.29 is 9.90 Å². The van der Waals surface area contributed by atoms with Crippen LogP contribution in [-0.2, 0) is 4.79 Å². The topological polar surface area (TPSA) is 40.5 Å². The van der Waals surface area contributed by atoms with Crippen LogP contribution in [0.5, 0.6) is 0 Å². The second-order valence-corrected chi connectivity index (χ2v) is 6.02. The fraction of sp³-hybridized carbons (Fsp3) is 0.588. The Labute approximate surface area is 121 Å². The summed E-state index contributed by atoms with van der Waals surface area (Å²) >= 11 is 0. The molecule has 0 amide bonds. The first-order valence-electron chi connectivity index (χ1n) is 7.49. The molecule has 2 rings (SSSR count). The van der Waals surface area contributed by atoms with Crippen LogP contribution in [0.25, 0.3) is 0 Å². The normalized spacial score (nSPS) is 24.8. The molecule has 1 aliphatic rings. The zero-order valence-corrected chi connectivity index (χ0v) is 12.9. The van der Waals surface area contributed by atoms with Crippen LogP contribution in [0.2, 0.25) is 0 Å². The Morgan fingerprint density at radius 2 is 2.15 bits per heavy atom. The molecule has 0 radical (unpaired) electrons. The fourth-order valence-electron chi connectivity index (χ4n) is 3.69. The molecule has 1 aromatic rings. The highest BCUT2D eigenvalue weighted by molar-refractivity contribution is 5.79. The highest BCUT2D eigenvalue weighted by Gasteiger charge is 2.48. The van der Waals surface area contributed by atoms with Crippen LogP contribution in [0, 0.1) is 13.8 Å². The van der Waals surface area contributed by atoms with E-state index in [1.165, 1.54) is 16.7 Å². The van der Waals surface area contributed by atoms with Crippen LogP contribution in [-0.4, -0.2) is 28.1 Å². The van der Waals surface area contributed by atoms with E-state index < -0.39 is 11.5 Å². The number of aryl methyl sites for hydroxylation is 2. The second-order valence-electron chi connectivity index (χ2n) is 6.02. The van der Waals surface area contributed by atoms with E-state index >= 15 is 0 Å². The maximum Gasteiger partial charge on any atom is 0.324 e. The first-order valence-corrected chi connectivity index (χ1v) is 7.49. The van der Waals surface area contributed by atoms with E-state index in [9.17, 15) is 9.90 Å². The number of rotatable bonds is 4. The largest absolute Gasteiger partial charge is 0.480 e. The molecule has 0 spiro atoms. The number of carbonyl (C=O) groups is 1. The maximum atomic E-state index is 11.8. The molecule has 0 aliphatic carbocycles. The molecule has 2 atom stereocenters. The third kappa shape index (κ3) is 2.35. The summed E-state index contributed by atoms with van der Waals surface area (Å²) in [5.74, 6) is -0.672. The molecular formula is C17H25NO2. The molecule has 3 nitrogen and oxygen atoms in total. The highest BCUT2D eigenvalue weighted by Crippen LogP contribution is 2.40. The number of carboxylic acid groups (broad SMARTS) is 1. The van der Waals surface area contributed by atoms with Gasteiger partial charge in [-0.15, -0.1) is 0 Å². The van der Waals surface area contributed by atoms with Gasteiger partial charge in [0.05, 0.1) is 0 Å². The van der Waals surface area contributed by atoms with Crippen molar-refractivity contribution in [2.75, 3.05) is 6.54 Å². The van der Waals surface area contributed by atoms with E-state index in [1.54, 1.807) is 0 Å². The van der Waals surface area contributed by atoms with Crippen molar-refractivity contribution >= 4 is 5.97 Å². The molecule has 2 unspecified atom stereocenters. The number of likely N-dealkylation sites (tertiary alicyclic amines) is 1. The van der Waals surface area contributed by atoms with Gasteiger partial charge in [0.1, 0.15) is 5.54 Å². The average Bonchev–Trinajstić information content (AvgIpc) is 2.83. The predicted molar refractivity (Wildman–Crippen MR) is 80.9 cm³/mol. The number of carboxylic acids is 1. The molecule has 1 N–H and O–H groups in total. The SMILES string of the molecule is CCC1(C(=O)O)CCCN1C(C)c1ccc(C)cc1C. The number of hydrogen-bond donors (Lipinski definition) is 1. The lowest BCUT2D eigenvalue weighted by Gasteiger charge is -2.39. The van der Waals surface area contributed by atoms with Crippen molar-refractivity contribution in [1.82, 2.24) is 4.90 Å². The Bertz CT molecular complexity index is 512. The Kier molecular flexibility index (Phi) is 4.19. The zero-order chi connectivity index (χ0) is 14.9. The van der Waals surface area contributed by atoms with E-state index in [0.717, 1.165) is 19.4 Å². The molecule has 20 heavy (non-hydrogen) atoms. The fourth-order valence-corrected chi connectivity index (χ4v) is 3.69. The van der Waals surface area contributed by atoms with Crippen molar-refractivity contribution in [3.63, 3.8) is 0 Å². The maximum absolute atomic E-state index is 11.8. The monoisotopic (exact) mass is 275 g/mol. The van der Waals surface area contributed by atoms with Crippen LogP contribution < -0.4 is 0 Å². The third-order valence-corrected chi connectivity index (χ3v) is 4.87. The van der Waals surface area contributed by atoms with Gasteiger partial charge in [0, 0.05) is 6.04 Å². The Hall–Kier alpha value is -1.35. The van der Waals surface area contributed by atoms with E-state index in [4.69, 9.17) is 0 Å². The van der Waals surface area contributed by atoms with E-state index in [2.05, 4.69) is 43.9 Å². The van der Waals surface area contributed by atoms with Crippen LogP contribution >= 0.6 is 0 Å². The number of benzene rings is 1. The summed E-state index contributed by atoms with van der Waals surface area (Å²) < 4.78 is 0.